The van der Waals surface area contributed by atoms with Crippen LogP contribution in [0.1, 0.15) is 17.4 Å². The van der Waals surface area contributed by atoms with Gasteiger partial charge in [0.25, 0.3) is 0 Å². The summed E-state index contributed by atoms with van der Waals surface area (Å²) < 4.78 is 10.8. The Hall–Kier alpha value is -1.46. The van der Waals surface area contributed by atoms with Gasteiger partial charge in [0.2, 0.25) is 0 Å². The number of nitrogens with one attached hydrogen (secondary N) is 1. The van der Waals surface area contributed by atoms with Crippen molar-refractivity contribution in [3.05, 3.63) is 58.2 Å². The molecule has 0 aliphatic rings. The van der Waals surface area contributed by atoms with E-state index in [0.717, 1.165) is 5.39 Å². The Balaban J connectivity index is 2.12. The van der Waals surface area contributed by atoms with E-state index in [-0.39, 0.29) is 5.22 Å². The Morgan fingerprint density at radius 3 is 2.68 bits per heavy atom. The number of hydrogen-bond acceptors (Lipinski definition) is 4. The second-order valence-electron chi connectivity index (χ2n) is 4.06. The smallest absolute Gasteiger partial charge is 0.198 e. The molecular weight excluding hydrogens is 287 g/mol. The molecule has 0 saturated heterocycles. The van der Waals surface area contributed by atoms with Crippen molar-refractivity contribution >= 4 is 34.2 Å². The van der Waals surface area contributed by atoms with Crippen LogP contribution in [0.2, 0.25) is 10.2 Å². The Morgan fingerprint density at radius 1 is 1.21 bits per heavy atom. The van der Waals surface area contributed by atoms with Crippen molar-refractivity contribution in [1.82, 2.24) is 5.43 Å². The van der Waals surface area contributed by atoms with Crippen LogP contribution in [0.5, 0.6) is 0 Å². The molecule has 2 aromatic heterocycles. The number of hydrazine groups is 1. The summed E-state index contributed by atoms with van der Waals surface area (Å²) >= 11 is 12.0. The van der Waals surface area contributed by atoms with Gasteiger partial charge in [-0.15, -0.1) is 0 Å². The molecule has 1 aromatic carbocycles. The number of furan rings is 2. The van der Waals surface area contributed by atoms with Crippen LogP contribution >= 0.6 is 23.2 Å². The first kappa shape index (κ1) is 12.6. The summed E-state index contributed by atoms with van der Waals surface area (Å²) in [6.45, 7) is 0. The van der Waals surface area contributed by atoms with Crippen molar-refractivity contribution < 1.29 is 8.83 Å². The Kier molecular flexibility index (Phi) is 3.24. The number of halogens is 2. The van der Waals surface area contributed by atoms with E-state index in [1.54, 1.807) is 12.1 Å². The molecule has 0 radical (unpaired) electrons. The Morgan fingerprint density at radius 2 is 2.05 bits per heavy atom. The standard InChI is InChI=1S/C13H10Cl2N2O2/c14-9-3-1-2-7-6-10(19-12(7)9)11(17-16)8-4-5-18-13(8)15/h1-6,11,17H,16H2. The van der Waals surface area contributed by atoms with Gasteiger partial charge in [-0.05, 0) is 29.8 Å². The minimum absolute atomic E-state index is 0.273. The highest BCUT2D eigenvalue weighted by molar-refractivity contribution is 6.34. The summed E-state index contributed by atoms with van der Waals surface area (Å²) in [6, 6.07) is 8.76. The molecule has 2 heterocycles. The van der Waals surface area contributed by atoms with Crippen LogP contribution in [-0.4, -0.2) is 0 Å². The zero-order chi connectivity index (χ0) is 13.4. The molecule has 0 aliphatic heterocycles. The van der Waals surface area contributed by atoms with E-state index < -0.39 is 6.04 Å². The largest absolute Gasteiger partial charge is 0.457 e. The molecule has 98 valence electrons. The number of hydrogen-bond donors (Lipinski definition) is 2. The summed E-state index contributed by atoms with van der Waals surface area (Å²) in [7, 11) is 0. The molecule has 1 unspecified atom stereocenters. The van der Waals surface area contributed by atoms with Crippen LogP contribution in [0.3, 0.4) is 0 Å². The highest BCUT2D eigenvalue weighted by Gasteiger charge is 2.22. The quantitative estimate of drug-likeness (QED) is 0.568. The maximum atomic E-state index is 6.08. The first-order valence-electron chi connectivity index (χ1n) is 5.57. The van der Waals surface area contributed by atoms with E-state index in [1.807, 2.05) is 18.2 Å². The third kappa shape index (κ3) is 2.13. The van der Waals surface area contributed by atoms with Gasteiger partial charge in [-0.3, -0.25) is 5.84 Å². The lowest BCUT2D eigenvalue weighted by Gasteiger charge is -2.11. The molecular formula is C13H10Cl2N2O2. The number of benzene rings is 1. The highest BCUT2D eigenvalue weighted by atomic mass is 35.5. The van der Waals surface area contributed by atoms with Crippen molar-refractivity contribution in [2.75, 3.05) is 0 Å². The van der Waals surface area contributed by atoms with Crippen molar-refractivity contribution in [2.24, 2.45) is 5.84 Å². The monoisotopic (exact) mass is 296 g/mol. The fourth-order valence-electron chi connectivity index (χ4n) is 2.03. The Bertz CT molecular complexity index is 720. The lowest BCUT2D eigenvalue weighted by Crippen LogP contribution is -2.28. The van der Waals surface area contributed by atoms with E-state index in [4.69, 9.17) is 37.9 Å². The minimum Gasteiger partial charge on any atom is -0.457 e. The van der Waals surface area contributed by atoms with Gasteiger partial charge in [0.05, 0.1) is 11.3 Å². The van der Waals surface area contributed by atoms with Crippen LogP contribution in [0.15, 0.2) is 45.4 Å². The van der Waals surface area contributed by atoms with Crippen LogP contribution in [0, 0.1) is 0 Å². The van der Waals surface area contributed by atoms with Crippen molar-refractivity contribution in [3.8, 4) is 0 Å². The average molecular weight is 297 g/mol. The van der Waals surface area contributed by atoms with Gasteiger partial charge in [-0.2, -0.15) is 0 Å². The zero-order valence-corrected chi connectivity index (χ0v) is 11.2. The molecule has 4 nitrogen and oxygen atoms in total. The number of fused-ring (bicyclic) bond motifs is 1. The van der Waals surface area contributed by atoms with Gasteiger partial charge in [-0.1, -0.05) is 23.7 Å². The van der Waals surface area contributed by atoms with Crippen LogP contribution in [0.4, 0.5) is 0 Å². The molecule has 6 heteroatoms. The SMILES string of the molecule is NNC(c1cc2cccc(Cl)c2o1)c1ccoc1Cl. The predicted octanol–water partition coefficient (Wildman–Crippen LogP) is 3.89. The second-order valence-corrected chi connectivity index (χ2v) is 4.81. The van der Waals surface area contributed by atoms with E-state index in [1.165, 1.54) is 6.26 Å². The van der Waals surface area contributed by atoms with Crippen LogP contribution in [0.25, 0.3) is 11.0 Å². The van der Waals surface area contributed by atoms with Crippen LogP contribution in [-0.2, 0) is 0 Å². The first-order chi connectivity index (χ1) is 9.20. The number of rotatable bonds is 3. The average Bonchev–Trinajstić information content (AvgIpc) is 2.99. The molecule has 0 saturated carbocycles. The van der Waals surface area contributed by atoms with Crippen molar-refractivity contribution in [2.45, 2.75) is 6.04 Å². The van der Waals surface area contributed by atoms with Crippen molar-refractivity contribution in [3.63, 3.8) is 0 Å². The lowest BCUT2D eigenvalue weighted by molar-refractivity contribution is 0.472. The van der Waals surface area contributed by atoms with Crippen LogP contribution < -0.4 is 11.3 Å². The molecule has 3 aromatic rings. The van der Waals surface area contributed by atoms with E-state index >= 15 is 0 Å². The summed E-state index contributed by atoms with van der Waals surface area (Å²) in [5.41, 5.74) is 3.99. The summed E-state index contributed by atoms with van der Waals surface area (Å²) in [4.78, 5) is 0. The molecule has 3 rings (SSSR count). The topological polar surface area (TPSA) is 64.3 Å². The van der Waals surface area contributed by atoms with E-state index in [2.05, 4.69) is 5.43 Å². The summed E-state index contributed by atoms with van der Waals surface area (Å²) in [5.74, 6) is 6.20. The van der Waals surface area contributed by atoms with Gasteiger partial charge in [-0.25, -0.2) is 5.43 Å². The predicted molar refractivity (Wildman–Crippen MR) is 74.1 cm³/mol. The number of nitrogens with two attached hydrogens (primary N) is 1. The van der Waals surface area contributed by atoms with Gasteiger partial charge in [0, 0.05) is 10.9 Å². The van der Waals surface area contributed by atoms with E-state index in [0.29, 0.717) is 21.9 Å². The normalized spacial score (nSPS) is 13.0. The fourth-order valence-corrected chi connectivity index (χ4v) is 2.47. The molecule has 0 fully saturated rings. The highest BCUT2D eigenvalue weighted by Crippen LogP contribution is 2.34. The Labute approximate surface area is 119 Å². The second kappa shape index (κ2) is 4.90. The maximum absolute atomic E-state index is 6.08. The molecule has 19 heavy (non-hydrogen) atoms. The molecule has 0 aliphatic carbocycles. The fraction of sp³-hybridized carbons (Fsp3) is 0.0769. The lowest BCUT2D eigenvalue weighted by atomic mass is 10.1. The third-order valence-corrected chi connectivity index (χ3v) is 3.53. The van der Waals surface area contributed by atoms with Gasteiger partial charge >= 0.3 is 0 Å². The molecule has 3 N–H and O–H groups in total. The zero-order valence-electron chi connectivity index (χ0n) is 9.69. The molecule has 0 bridgehead atoms. The summed E-state index contributed by atoms with van der Waals surface area (Å²) in [6.07, 6.45) is 1.50. The third-order valence-electron chi connectivity index (χ3n) is 2.92. The van der Waals surface area contributed by atoms with Crippen molar-refractivity contribution in [1.29, 1.82) is 0 Å². The number of para-hydroxylation sites is 1. The molecule has 0 amide bonds. The maximum Gasteiger partial charge on any atom is 0.198 e. The van der Waals surface area contributed by atoms with Gasteiger partial charge in [0.1, 0.15) is 11.8 Å². The first-order valence-corrected chi connectivity index (χ1v) is 6.33. The van der Waals surface area contributed by atoms with E-state index in [9.17, 15) is 0 Å². The molecule has 1 atom stereocenters. The molecule has 0 spiro atoms. The minimum atomic E-state index is -0.394. The summed E-state index contributed by atoms with van der Waals surface area (Å²) in [5, 5.41) is 1.73. The van der Waals surface area contributed by atoms with Gasteiger partial charge < -0.3 is 8.83 Å². The van der Waals surface area contributed by atoms with Gasteiger partial charge in [0.15, 0.2) is 10.8 Å².